The Morgan fingerprint density at radius 3 is 2.45 bits per heavy atom. The Hall–Kier alpha value is -1.11. The van der Waals surface area contributed by atoms with Gasteiger partial charge in [-0.3, -0.25) is 0 Å². The lowest BCUT2D eigenvalue weighted by molar-refractivity contribution is 0.336. The number of ether oxygens (including phenoxy) is 1. The molecule has 0 atom stereocenters. The highest BCUT2D eigenvalue weighted by Gasteiger charge is 2.25. The highest BCUT2D eigenvalue weighted by Crippen LogP contribution is 2.23. The maximum atomic E-state index is 12.4. The van der Waals surface area contributed by atoms with E-state index in [2.05, 4.69) is 4.72 Å². The Morgan fingerprint density at radius 2 is 1.95 bits per heavy atom. The zero-order valence-corrected chi connectivity index (χ0v) is 13.4. The normalized spacial score (nSPS) is 12.4. The Kier molecular flexibility index (Phi) is 5.56. The van der Waals surface area contributed by atoms with Crippen molar-refractivity contribution in [2.75, 3.05) is 6.61 Å². The molecule has 0 aliphatic heterocycles. The van der Waals surface area contributed by atoms with Crippen LogP contribution in [0.15, 0.2) is 23.1 Å². The molecule has 0 aromatic heterocycles. The van der Waals surface area contributed by atoms with Crippen molar-refractivity contribution in [1.82, 2.24) is 4.72 Å². The summed E-state index contributed by atoms with van der Waals surface area (Å²) in [4.78, 5) is 0.211. The average Bonchev–Trinajstić information content (AvgIpc) is 2.38. The number of hydrogen-bond donors (Lipinski definition) is 2. The van der Waals surface area contributed by atoms with Crippen LogP contribution < -0.4 is 15.2 Å². The van der Waals surface area contributed by atoms with Gasteiger partial charge in [-0.2, -0.15) is 0 Å². The highest BCUT2D eigenvalue weighted by molar-refractivity contribution is 7.89. The fraction of sp³-hybridized carbons (Fsp3) is 0.571. The van der Waals surface area contributed by atoms with Crippen molar-refractivity contribution in [2.24, 2.45) is 5.73 Å². The summed E-state index contributed by atoms with van der Waals surface area (Å²) in [6.45, 7) is 8.25. The van der Waals surface area contributed by atoms with Gasteiger partial charge in [-0.1, -0.05) is 6.92 Å². The fourth-order valence-electron chi connectivity index (χ4n) is 1.67. The van der Waals surface area contributed by atoms with Gasteiger partial charge in [0.25, 0.3) is 0 Å². The van der Waals surface area contributed by atoms with Crippen LogP contribution >= 0.6 is 0 Å². The standard InChI is InChI=1S/C14H24N2O3S/c1-5-14(3,4)16-20(17,18)12-7-8-13(19-6-2)11(9-12)10-15/h7-9,16H,5-6,10,15H2,1-4H3. The van der Waals surface area contributed by atoms with Gasteiger partial charge in [0.1, 0.15) is 5.75 Å². The monoisotopic (exact) mass is 300 g/mol. The number of rotatable bonds is 7. The van der Waals surface area contributed by atoms with E-state index in [9.17, 15) is 8.42 Å². The molecule has 0 radical (unpaired) electrons. The van der Waals surface area contributed by atoms with Crippen LogP contribution in [0.5, 0.6) is 5.75 Å². The van der Waals surface area contributed by atoms with Gasteiger partial charge in [-0.25, -0.2) is 13.1 Å². The van der Waals surface area contributed by atoms with Crippen LogP contribution in [0.4, 0.5) is 0 Å². The molecule has 6 heteroatoms. The Balaban J connectivity index is 3.13. The molecule has 5 nitrogen and oxygen atoms in total. The van der Waals surface area contributed by atoms with Crippen molar-refractivity contribution < 1.29 is 13.2 Å². The molecule has 1 aromatic carbocycles. The second-order valence-corrected chi connectivity index (χ2v) is 6.93. The fourth-order valence-corrected chi connectivity index (χ4v) is 3.21. The van der Waals surface area contributed by atoms with Crippen molar-refractivity contribution >= 4 is 10.0 Å². The van der Waals surface area contributed by atoms with E-state index in [1.165, 1.54) is 6.07 Å². The molecular weight excluding hydrogens is 276 g/mol. The van der Waals surface area contributed by atoms with Gasteiger partial charge >= 0.3 is 0 Å². The van der Waals surface area contributed by atoms with Crippen LogP contribution in [0.2, 0.25) is 0 Å². The van der Waals surface area contributed by atoms with Gasteiger partial charge in [-0.15, -0.1) is 0 Å². The van der Waals surface area contributed by atoms with E-state index in [1.807, 2.05) is 27.7 Å². The summed E-state index contributed by atoms with van der Waals surface area (Å²) in [5.41, 5.74) is 5.85. The van der Waals surface area contributed by atoms with E-state index in [0.29, 0.717) is 24.3 Å². The summed E-state index contributed by atoms with van der Waals surface area (Å²) in [7, 11) is -3.56. The molecule has 0 spiro atoms. The summed E-state index contributed by atoms with van der Waals surface area (Å²) in [5.74, 6) is 0.628. The molecule has 0 saturated carbocycles. The van der Waals surface area contributed by atoms with Crippen LogP contribution in [-0.4, -0.2) is 20.6 Å². The van der Waals surface area contributed by atoms with E-state index in [-0.39, 0.29) is 11.4 Å². The molecule has 0 aliphatic rings. The summed E-state index contributed by atoms with van der Waals surface area (Å²) in [6.07, 6.45) is 0.701. The highest BCUT2D eigenvalue weighted by atomic mass is 32.2. The van der Waals surface area contributed by atoms with Crippen molar-refractivity contribution in [3.8, 4) is 5.75 Å². The first-order valence-corrected chi connectivity index (χ1v) is 8.24. The van der Waals surface area contributed by atoms with E-state index in [0.717, 1.165) is 0 Å². The molecule has 1 aromatic rings. The lowest BCUT2D eigenvalue weighted by Gasteiger charge is -2.24. The molecule has 20 heavy (non-hydrogen) atoms. The third kappa shape index (κ3) is 4.19. The molecule has 1 rings (SSSR count). The minimum absolute atomic E-state index is 0.211. The lowest BCUT2D eigenvalue weighted by atomic mass is 10.0. The van der Waals surface area contributed by atoms with Crippen LogP contribution in [0, 0.1) is 0 Å². The first-order valence-electron chi connectivity index (χ1n) is 6.75. The van der Waals surface area contributed by atoms with Crippen molar-refractivity contribution in [3.63, 3.8) is 0 Å². The van der Waals surface area contributed by atoms with Crippen LogP contribution in [0.1, 0.15) is 39.7 Å². The minimum atomic E-state index is -3.56. The minimum Gasteiger partial charge on any atom is -0.494 e. The second-order valence-electron chi connectivity index (χ2n) is 5.25. The Morgan fingerprint density at radius 1 is 1.30 bits per heavy atom. The van der Waals surface area contributed by atoms with Crippen molar-refractivity contribution in [1.29, 1.82) is 0 Å². The molecule has 114 valence electrons. The second kappa shape index (κ2) is 6.56. The van der Waals surface area contributed by atoms with E-state index in [4.69, 9.17) is 10.5 Å². The SMILES string of the molecule is CCOc1ccc(S(=O)(=O)NC(C)(C)CC)cc1CN. The van der Waals surface area contributed by atoms with Gasteiger partial charge in [0.05, 0.1) is 11.5 Å². The molecule has 0 saturated heterocycles. The van der Waals surface area contributed by atoms with Crippen LogP contribution in [-0.2, 0) is 16.6 Å². The van der Waals surface area contributed by atoms with Crippen molar-refractivity contribution in [3.05, 3.63) is 23.8 Å². The van der Waals surface area contributed by atoms with E-state index < -0.39 is 15.6 Å². The lowest BCUT2D eigenvalue weighted by Crippen LogP contribution is -2.42. The first-order chi connectivity index (χ1) is 9.25. The zero-order valence-electron chi connectivity index (χ0n) is 12.6. The summed E-state index contributed by atoms with van der Waals surface area (Å²) in [6, 6.07) is 4.76. The van der Waals surface area contributed by atoms with Crippen molar-refractivity contribution in [2.45, 2.75) is 51.1 Å². The molecule has 0 amide bonds. The predicted octanol–water partition coefficient (Wildman–Crippen LogP) is 2.01. The largest absolute Gasteiger partial charge is 0.494 e. The van der Waals surface area contributed by atoms with E-state index in [1.54, 1.807) is 12.1 Å². The smallest absolute Gasteiger partial charge is 0.241 e. The molecule has 0 unspecified atom stereocenters. The Bertz CT molecular complexity index is 554. The maximum Gasteiger partial charge on any atom is 0.241 e. The van der Waals surface area contributed by atoms with Gasteiger partial charge in [0.2, 0.25) is 10.0 Å². The topological polar surface area (TPSA) is 81.4 Å². The zero-order chi connectivity index (χ0) is 15.4. The molecule has 3 N–H and O–H groups in total. The molecule has 0 heterocycles. The molecular formula is C14H24N2O3S. The molecule has 0 bridgehead atoms. The first kappa shape index (κ1) is 16.9. The van der Waals surface area contributed by atoms with Crippen LogP contribution in [0.3, 0.4) is 0 Å². The van der Waals surface area contributed by atoms with Gasteiger partial charge in [0.15, 0.2) is 0 Å². The number of nitrogens with one attached hydrogen (secondary N) is 1. The maximum absolute atomic E-state index is 12.4. The molecule has 0 aliphatic carbocycles. The average molecular weight is 300 g/mol. The number of sulfonamides is 1. The quantitative estimate of drug-likeness (QED) is 0.807. The number of nitrogens with two attached hydrogens (primary N) is 1. The summed E-state index contributed by atoms with van der Waals surface area (Å²) in [5, 5.41) is 0. The van der Waals surface area contributed by atoms with Crippen LogP contribution in [0.25, 0.3) is 0 Å². The van der Waals surface area contributed by atoms with Gasteiger partial charge in [0, 0.05) is 17.6 Å². The van der Waals surface area contributed by atoms with Gasteiger partial charge < -0.3 is 10.5 Å². The third-order valence-corrected chi connectivity index (χ3v) is 4.85. The number of benzene rings is 1. The summed E-state index contributed by atoms with van der Waals surface area (Å²) < 4.78 is 32.8. The summed E-state index contributed by atoms with van der Waals surface area (Å²) >= 11 is 0. The predicted molar refractivity (Wildman–Crippen MR) is 80.2 cm³/mol. The number of hydrogen-bond acceptors (Lipinski definition) is 4. The molecule has 0 fully saturated rings. The van der Waals surface area contributed by atoms with E-state index >= 15 is 0 Å². The third-order valence-electron chi connectivity index (χ3n) is 3.16. The van der Waals surface area contributed by atoms with Gasteiger partial charge in [-0.05, 0) is 45.4 Å². The Labute approximate surface area is 121 Å².